The first-order valence-corrected chi connectivity index (χ1v) is 6.75. The number of aliphatic hydroxyl groups excluding tert-OH is 1. The van der Waals surface area contributed by atoms with Crippen LogP contribution in [0.15, 0.2) is 12.4 Å². The third-order valence-electron chi connectivity index (χ3n) is 2.98. The van der Waals surface area contributed by atoms with Crippen LogP contribution >= 0.6 is 0 Å². The van der Waals surface area contributed by atoms with E-state index in [1.807, 2.05) is 17.1 Å². The minimum absolute atomic E-state index is 0.164. The first-order valence-electron chi connectivity index (χ1n) is 6.75. The Morgan fingerprint density at radius 2 is 2.11 bits per heavy atom. The summed E-state index contributed by atoms with van der Waals surface area (Å²) in [7, 11) is 0. The summed E-state index contributed by atoms with van der Waals surface area (Å²) in [6.45, 7) is 12.1. The van der Waals surface area contributed by atoms with Gasteiger partial charge in [-0.2, -0.15) is 5.10 Å². The minimum Gasteiger partial charge on any atom is -0.392 e. The summed E-state index contributed by atoms with van der Waals surface area (Å²) in [5.74, 6) is 0. The number of nitrogens with one attached hydrogen (secondary N) is 1. The second kappa shape index (κ2) is 6.34. The molecule has 0 aliphatic rings. The lowest BCUT2D eigenvalue weighted by molar-refractivity contribution is 0.117. The zero-order chi connectivity index (χ0) is 13.8. The van der Waals surface area contributed by atoms with Crippen LogP contribution in [0.25, 0.3) is 0 Å². The van der Waals surface area contributed by atoms with E-state index in [4.69, 9.17) is 0 Å². The number of aliphatic hydroxyl groups is 1. The molecule has 4 heteroatoms. The van der Waals surface area contributed by atoms with Crippen molar-refractivity contribution in [3.8, 4) is 0 Å². The highest BCUT2D eigenvalue weighted by molar-refractivity contribution is 5.09. The van der Waals surface area contributed by atoms with E-state index < -0.39 is 0 Å². The fraction of sp³-hybridized carbons (Fsp3) is 0.786. The van der Waals surface area contributed by atoms with Crippen LogP contribution in [0.2, 0.25) is 0 Å². The Kier molecular flexibility index (Phi) is 5.35. The molecule has 2 unspecified atom stereocenters. The molecular weight excluding hydrogens is 226 g/mol. The molecular formula is C14H27N3O. The molecule has 0 bridgehead atoms. The molecule has 2 atom stereocenters. The van der Waals surface area contributed by atoms with Gasteiger partial charge in [-0.25, -0.2) is 0 Å². The quantitative estimate of drug-likeness (QED) is 0.818. The second-order valence-corrected chi connectivity index (χ2v) is 6.18. The molecule has 0 aromatic carbocycles. The van der Waals surface area contributed by atoms with E-state index in [2.05, 4.69) is 45.0 Å². The third kappa shape index (κ3) is 5.19. The Labute approximate surface area is 110 Å². The van der Waals surface area contributed by atoms with Crippen molar-refractivity contribution in [2.24, 2.45) is 5.41 Å². The van der Waals surface area contributed by atoms with E-state index >= 15 is 0 Å². The van der Waals surface area contributed by atoms with Gasteiger partial charge >= 0.3 is 0 Å². The van der Waals surface area contributed by atoms with E-state index in [1.54, 1.807) is 0 Å². The maximum absolute atomic E-state index is 9.95. The molecule has 0 spiro atoms. The zero-order valence-corrected chi connectivity index (χ0v) is 12.3. The topological polar surface area (TPSA) is 50.1 Å². The van der Waals surface area contributed by atoms with E-state index in [0.717, 1.165) is 13.0 Å². The van der Waals surface area contributed by atoms with E-state index in [-0.39, 0.29) is 17.6 Å². The molecule has 0 aliphatic heterocycles. The smallest absolute Gasteiger partial charge is 0.0669 e. The van der Waals surface area contributed by atoms with Gasteiger partial charge < -0.3 is 10.4 Å². The van der Waals surface area contributed by atoms with E-state index in [1.165, 1.54) is 5.56 Å². The molecule has 0 saturated carbocycles. The average molecular weight is 253 g/mol. The lowest BCUT2D eigenvalue weighted by Crippen LogP contribution is -2.31. The maximum Gasteiger partial charge on any atom is 0.0669 e. The van der Waals surface area contributed by atoms with Crippen LogP contribution in [-0.2, 0) is 6.54 Å². The molecule has 0 saturated heterocycles. The standard InChI is InChI=1S/C14H27N3O/c1-6-17-10-12(8-16-17)11(2)15-9-13(18)7-14(3,4)5/h8,10-11,13,15,18H,6-7,9H2,1-5H3. The van der Waals surface area contributed by atoms with Gasteiger partial charge in [0.1, 0.15) is 0 Å². The molecule has 0 fully saturated rings. The lowest BCUT2D eigenvalue weighted by Gasteiger charge is -2.23. The van der Waals surface area contributed by atoms with Crippen LogP contribution in [0, 0.1) is 5.41 Å². The van der Waals surface area contributed by atoms with Gasteiger partial charge in [-0.05, 0) is 25.7 Å². The van der Waals surface area contributed by atoms with Crippen molar-refractivity contribution in [1.29, 1.82) is 0 Å². The minimum atomic E-state index is -0.298. The number of hydrogen-bond donors (Lipinski definition) is 2. The first kappa shape index (κ1) is 15.2. The van der Waals surface area contributed by atoms with Crippen LogP contribution in [0.3, 0.4) is 0 Å². The Balaban J connectivity index is 2.38. The maximum atomic E-state index is 9.95. The summed E-state index contributed by atoms with van der Waals surface area (Å²) in [5.41, 5.74) is 1.33. The van der Waals surface area contributed by atoms with Gasteiger partial charge in [0.05, 0.1) is 12.3 Å². The molecule has 4 nitrogen and oxygen atoms in total. The highest BCUT2D eigenvalue weighted by Gasteiger charge is 2.17. The van der Waals surface area contributed by atoms with Gasteiger partial charge in [-0.1, -0.05) is 20.8 Å². The summed E-state index contributed by atoms with van der Waals surface area (Å²) >= 11 is 0. The van der Waals surface area contributed by atoms with Crippen LogP contribution in [0.1, 0.15) is 52.6 Å². The van der Waals surface area contributed by atoms with Crippen LogP contribution in [0.4, 0.5) is 0 Å². The highest BCUT2D eigenvalue weighted by atomic mass is 16.3. The summed E-state index contributed by atoms with van der Waals surface area (Å²) in [5, 5.41) is 17.6. The Morgan fingerprint density at radius 3 is 2.61 bits per heavy atom. The molecule has 18 heavy (non-hydrogen) atoms. The van der Waals surface area contributed by atoms with Gasteiger partial charge in [0.15, 0.2) is 0 Å². The lowest BCUT2D eigenvalue weighted by atomic mass is 9.89. The highest BCUT2D eigenvalue weighted by Crippen LogP contribution is 2.20. The van der Waals surface area contributed by atoms with Crippen molar-refractivity contribution < 1.29 is 5.11 Å². The summed E-state index contributed by atoms with van der Waals surface area (Å²) < 4.78 is 1.92. The van der Waals surface area contributed by atoms with Crippen LogP contribution < -0.4 is 5.32 Å². The molecule has 1 aromatic heterocycles. The normalized spacial score (nSPS) is 15.7. The van der Waals surface area contributed by atoms with Crippen molar-refractivity contribution >= 4 is 0 Å². The number of aromatic nitrogens is 2. The van der Waals surface area contributed by atoms with E-state index in [0.29, 0.717) is 6.54 Å². The number of hydrogen-bond acceptors (Lipinski definition) is 3. The average Bonchev–Trinajstić information content (AvgIpc) is 2.72. The second-order valence-electron chi connectivity index (χ2n) is 6.18. The van der Waals surface area contributed by atoms with Gasteiger partial charge in [0.2, 0.25) is 0 Å². The molecule has 0 amide bonds. The first-order chi connectivity index (χ1) is 8.31. The Morgan fingerprint density at radius 1 is 1.44 bits per heavy atom. The summed E-state index contributed by atoms with van der Waals surface area (Å²) in [6, 6.07) is 0.222. The van der Waals surface area contributed by atoms with Crippen molar-refractivity contribution in [1.82, 2.24) is 15.1 Å². The Hall–Kier alpha value is -0.870. The van der Waals surface area contributed by atoms with Gasteiger partial charge in [-0.3, -0.25) is 4.68 Å². The summed E-state index contributed by atoms with van der Waals surface area (Å²) in [4.78, 5) is 0. The number of aryl methyl sites for hydroxylation is 1. The van der Waals surface area contributed by atoms with Gasteiger partial charge in [-0.15, -0.1) is 0 Å². The van der Waals surface area contributed by atoms with Gasteiger partial charge in [0.25, 0.3) is 0 Å². The predicted molar refractivity (Wildman–Crippen MR) is 74.4 cm³/mol. The summed E-state index contributed by atoms with van der Waals surface area (Å²) in [6.07, 6.45) is 4.44. The molecule has 2 N–H and O–H groups in total. The van der Waals surface area contributed by atoms with Crippen molar-refractivity contribution in [2.75, 3.05) is 6.54 Å². The van der Waals surface area contributed by atoms with Crippen molar-refractivity contribution in [3.05, 3.63) is 18.0 Å². The SMILES string of the molecule is CCn1cc(C(C)NCC(O)CC(C)(C)C)cn1. The fourth-order valence-corrected chi connectivity index (χ4v) is 1.99. The van der Waals surface area contributed by atoms with Crippen molar-refractivity contribution in [3.63, 3.8) is 0 Å². The molecule has 1 rings (SSSR count). The molecule has 0 radical (unpaired) electrons. The monoisotopic (exact) mass is 253 g/mol. The number of nitrogens with zero attached hydrogens (tertiary/aromatic N) is 2. The van der Waals surface area contributed by atoms with Crippen molar-refractivity contribution in [2.45, 2.75) is 59.7 Å². The molecule has 1 aromatic rings. The van der Waals surface area contributed by atoms with Crippen LogP contribution in [0.5, 0.6) is 0 Å². The van der Waals surface area contributed by atoms with Crippen LogP contribution in [-0.4, -0.2) is 27.5 Å². The number of rotatable bonds is 6. The van der Waals surface area contributed by atoms with E-state index in [9.17, 15) is 5.11 Å². The molecule has 104 valence electrons. The third-order valence-corrected chi connectivity index (χ3v) is 2.98. The fourth-order valence-electron chi connectivity index (χ4n) is 1.99. The molecule has 1 heterocycles. The largest absolute Gasteiger partial charge is 0.392 e. The predicted octanol–water partition coefficient (Wildman–Crippen LogP) is 2.35. The Bertz CT molecular complexity index is 354. The van der Waals surface area contributed by atoms with Gasteiger partial charge in [0, 0.05) is 30.9 Å². The molecule has 0 aliphatic carbocycles. The zero-order valence-electron chi connectivity index (χ0n) is 12.3.